The van der Waals surface area contributed by atoms with E-state index in [2.05, 4.69) is 20.9 Å². The fourth-order valence-corrected chi connectivity index (χ4v) is 3.63. The third kappa shape index (κ3) is 5.51. The molecular weight excluding hydrogens is 380 g/mol. The van der Waals surface area contributed by atoms with Crippen molar-refractivity contribution in [2.75, 3.05) is 48.9 Å². The summed E-state index contributed by atoms with van der Waals surface area (Å²) in [6.45, 7) is 6.70. The van der Waals surface area contributed by atoms with Gasteiger partial charge in [-0.2, -0.15) is 0 Å². The molecule has 1 saturated heterocycles. The second kappa shape index (κ2) is 10.1. The monoisotopic (exact) mass is 410 g/mol. The van der Waals surface area contributed by atoms with E-state index in [0.717, 1.165) is 48.4 Å². The van der Waals surface area contributed by atoms with Gasteiger partial charge in [0, 0.05) is 43.8 Å². The molecule has 2 aromatic rings. The zero-order chi connectivity index (χ0) is 21.5. The van der Waals surface area contributed by atoms with Gasteiger partial charge in [-0.15, -0.1) is 0 Å². The Kier molecular flexibility index (Phi) is 7.30. The van der Waals surface area contributed by atoms with E-state index in [1.807, 2.05) is 44.2 Å². The van der Waals surface area contributed by atoms with Crippen molar-refractivity contribution in [3.8, 4) is 0 Å². The molecule has 1 heterocycles. The van der Waals surface area contributed by atoms with Crippen LogP contribution in [0, 0.1) is 13.8 Å². The number of amides is 3. The molecule has 7 nitrogen and oxygen atoms in total. The lowest BCUT2D eigenvalue weighted by Crippen LogP contribution is -2.30. The van der Waals surface area contributed by atoms with Crippen LogP contribution < -0.4 is 20.9 Å². The number of nitrogens with zero attached hydrogens (tertiary/aromatic N) is 1. The summed E-state index contributed by atoms with van der Waals surface area (Å²) in [4.78, 5) is 27.5. The molecule has 0 spiro atoms. The van der Waals surface area contributed by atoms with Crippen LogP contribution in [-0.2, 0) is 4.74 Å². The minimum atomic E-state index is -0.346. The largest absolute Gasteiger partial charge is 0.383 e. The van der Waals surface area contributed by atoms with E-state index in [9.17, 15) is 9.59 Å². The van der Waals surface area contributed by atoms with Crippen molar-refractivity contribution in [2.45, 2.75) is 26.7 Å². The third-order valence-corrected chi connectivity index (χ3v) is 5.17. The molecule has 0 bridgehead atoms. The molecule has 0 radical (unpaired) electrons. The van der Waals surface area contributed by atoms with Crippen LogP contribution in [0.3, 0.4) is 0 Å². The van der Waals surface area contributed by atoms with E-state index < -0.39 is 0 Å². The van der Waals surface area contributed by atoms with Crippen LogP contribution in [0.1, 0.15) is 34.3 Å². The molecule has 3 N–H and O–H groups in total. The van der Waals surface area contributed by atoms with Crippen molar-refractivity contribution in [3.63, 3.8) is 0 Å². The quantitative estimate of drug-likeness (QED) is 0.604. The van der Waals surface area contributed by atoms with E-state index in [4.69, 9.17) is 4.74 Å². The standard InChI is InChI=1S/C23H30N4O3/c1-16-6-8-20(17(2)14-16)26-23(29)25-18-7-9-21(27-11-4-5-12-27)19(15-18)22(28)24-10-13-30-3/h6-9,14-15H,4-5,10-13H2,1-3H3,(H,24,28)(H2,25,26,29). The van der Waals surface area contributed by atoms with Gasteiger partial charge in [-0.1, -0.05) is 17.7 Å². The van der Waals surface area contributed by atoms with Gasteiger partial charge in [0.25, 0.3) is 5.91 Å². The van der Waals surface area contributed by atoms with E-state index in [1.165, 1.54) is 0 Å². The predicted octanol–water partition coefficient (Wildman–Crippen LogP) is 3.92. The lowest BCUT2D eigenvalue weighted by atomic mass is 10.1. The van der Waals surface area contributed by atoms with Crippen LogP contribution in [0.5, 0.6) is 0 Å². The Morgan fingerprint density at radius 1 is 1.03 bits per heavy atom. The van der Waals surface area contributed by atoms with Crippen molar-refractivity contribution in [2.24, 2.45) is 0 Å². The molecule has 2 aromatic carbocycles. The third-order valence-electron chi connectivity index (χ3n) is 5.17. The van der Waals surface area contributed by atoms with Gasteiger partial charge in [0.15, 0.2) is 0 Å². The second-order valence-electron chi connectivity index (χ2n) is 7.57. The lowest BCUT2D eigenvalue weighted by Gasteiger charge is -2.22. The second-order valence-corrected chi connectivity index (χ2v) is 7.57. The van der Waals surface area contributed by atoms with Gasteiger partial charge < -0.3 is 25.6 Å². The molecule has 30 heavy (non-hydrogen) atoms. The van der Waals surface area contributed by atoms with Gasteiger partial charge in [-0.05, 0) is 56.5 Å². The highest BCUT2D eigenvalue weighted by Crippen LogP contribution is 2.28. The lowest BCUT2D eigenvalue weighted by molar-refractivity contribution is 0.0937. The highest BCUT2D eigenvalue weighted by atomic mass is 16.5. The number of carbonyl (C=O) groups is 2. The summed E-state index contributed by atoms with van der Waals surface area (Å²) in [6, 6.07) is 11.0. The van der Waals surface area contributed by atoms with E-state index in [1.54, 1.807) is 13.2 Å². The summed E-state index contributed by atoms with van der Waals surface area (Å²) >= 11 is 0. The molecule has 0 atom stereocenters. The molecule has 0 aromatic heterocycles. The van der Waals surface area contributed by atoms with Crippen molar-refractivity contribution in [1.29, 1.82) is 0 Å². The Morgan fingerprint density at radius 3 is 2.50 bits per heavy atom. The average molecular weight is 411 g/mol. The predicted molar refractivity (Wildman–Crippen MR) is 121 cm³/mol. The van der Waals surface area contributed by atoms with Crippen LogP contribution in [0.4, 0.5) is 21.9 Å². The maximum Gasteiger partial charge on any atom is 0.323 e. The maximum atomic E-state index is 12.8. The highest BCUT2D eigenvalue weighted by Gasteiger charge is 2.20. The van der Waals surface area contributed by atoms with Crippen LogP contribution in [0.25, 0.3) is 0 Å². The van der Waals surface area contributed by atoms with Gasteiger partial charge in [-0.3, -0.25) is 4.79 Å². The number of methoxy groups -OCH3 is 1. The van der Waals surface area contributed by atoms with E-state index in [0.29, 0.717) is 24.4 Å². The number of nitrogens with one attached hydrogen (secondary N) is 3. The summed E-state index contributed by atoms with van der Waals surface area (Å²) in [6.07, 6.45) is 2.23. The van der Waals surface area contributed by atoms with Crippen molar-refractivity contribution in [3.05, 3.63) is 53.1 Å². The number of hydrogen-bond donors (Lipinski definition) is 3. The Labute approximate surface area is 177 Å². The van der Waals surface area contributed by atoms with Crippen molar-refractivity contribution < 1.29 is 14.3 Å². The zero-order valence-corrected chi connectivity index (χ0v) is 17.9. The SMILES string of the molecule is COCCNC(=O)c1cc(NC(=O)Nc2ccc(C)cc2C)ccc1N1CCCC1. The van der Waals surface area contributed by atoms with Crippen molar-refractivity contribution >= 4 is 29.0 Å². The first-order valence-electron chi connectivity index (χ1n) is 10.3. The van der Waals surface area contributed by atoms with Gasteiger partial charge in [0.05, 0.1) is 12.2 Å². The van der Waals surface area contributed by atoms with Gasteiger partial charge in [-0.25, -0.2) is 4.79 Å². The molecule has 3 amide bonds. The summed E-state index contributed by atoms with van der Waals surface area (Å²) in [5, 5.41) is 8.59. The maximum absolute atomic E-state index is 12.8. The van der Waals surface area contributed by atoms with Crippen LogP contribution in [0.15, 0.2) is 36.4 Å². The smallest absolute Gasteiger partial charge is 0.323 e. The fourth-order valence-electron chi connectivity index (χ4n) is 3.63. The molecule has 0 aliphatic carbocycles. The summed E-state index contributed by atoms with van der Waals surface area (Å²) in [5.74, 6) is -0.174. The van der Waals surface area contributed by atoms with Crippen molar-refractivity contribution in [1.82, 2.24) is 5.32 Å². The summed E-state index contributed by atoms with van der Waals surface area (Å²) in [7, 11) is 1.60. The molecule has 7 heteroatoms. The minimum absolute atomic E-state index is 0.174. The summed E-state index contributed by atoms with van der Waals surface area (Å²) < 4.78 is 5.02. The average Bonchev–Trinajstić information content (AvgIpc) is 3.25. The molecule has 1 fully saturated rings. The highest BCUT2D eigenvalue weighted by molar-refractivity contribution is 6.04. The van der Waals surface area contributed by atoms with E-state index in [-0.39, 0.29) is 11.9 Å². The van der Waals surface area contributed by atoms with Crippen LogP contribution in [-0.4, -0.2) is 45.3 Å². The zero-order valence-electron chi connectivity index (χ0n) is 17.9. The molecular formula is C23H30N4O3. The number of benzene rings is 2. The molecule has 0 unspecified atom stereocenters. The number of ether oxygens (including phenoxy) is 1. The molecule has 160 valence electrons. The first-order chi connectivity index (χ1) is 14.5. The molecule has 3 rings (SSSR count). The Morgan fingerprint density at radius 2 is 1.80 bits per heavy atom. The normalized spacial score (nSPS) is 13.2. The minimum Gasteiger partial charge on any atom is -0.383 e. The Hall–Kier alpha value is -3.06. The molecule has 0 saturated carbocycles. The molecule has 1 aliphatic rings. The number of aryl methyl sites for hydroxylation is 2. The first-order valence-corrected chi connectivity index (χ1v) is 10.3. The number of carbonyl (C=O) groups excluding carboxylic acids is 2. The van der Waals surface area contributed by atoms with Crippen LogP contribution in [0.2, 0.25) is 0 Å². The van der Waals surface area contributed by atoms with Gasteiger partial charge in [0.2, 0.25) is 0 Å². The summed E-state index contributed by atoms with van der Waals surface area (Å²) in [5.41, 5.74) is 4.90. The Bertz CT molecular complexity index is 907. The van der Waals surface area contributed by atoms with Crippen LogP contribution >= 0.6 is 0 Å². The number of anilines is 3. The van der Waals surface area contributed by atoms with Gasteiger partial charge >= 0.3 is 6.03 Å². The molecule has 1 aliphatic heterocycles. The number of rotatable bonds is 7. The topological polar surface area (TPSA) is 82.7 Å². The van der Waals surface area contributed by atoms with Gasteiger partial charge in [0.1, 0.15) is 0 Å². The fraction of sp³-hybridized carbons (Fsp3) is 0.391. The number of hydrogen-bond acceptors (Lipinski definition) is 4. The first kappa shape index (κ1) is 21.6. The van der Waals surface area contributed by atoms with E-state index >= 15 is 0 Å². The Balaban J connectivity index is 1.76. The number of urea groups is 1.